The van der Waals surface area contributed by atoms with Gasteiger partial charge in [-0.2, -0.15) is 11.8 Å². The Morgan fingerprint density at radius 1 is 1.55 bits per heavy atom. The molecule has 1 unspecified atom stereocenters. The minimum Gasteiger partial charge on any atom is -0.390 e. The molecule has 0 fully saturated rings. The highest BCUT2D eigenvalue weighted by molar-refractivity contribution is 7.99. The number of nitrogens with two attached hydrogens (primary N) is 1. The fourth-order valence-electron chi connectivity index (χ4n) is 0.591. The summed E-state index contributed by atoms with van der Waals surface area (Å²) in [5, 5.41) is 9.34. The van der Waals surface area contributed by atoms with Gasteiger partial charge in [0.05, 0.1) is 5.60 Å². The molecule has 0 amide bonds. The third kappa shape index (κ3) is 10.3. The van der Waals surface area contributed by atoms with Gasteiger partial charge < -0.3 is 10.8 Å². The zero-order valence-corrected chi connectivity index (χ0v) is 8.45. The Kier molecular flexibility index (Phi) is 5.13. The van der Waals surface area contributed by atoms with Crippen molar-refractivity contribution < 1.29 is 5.11 Å². The lowest BCUT2D eigenvalue weighted by atomic mass is 10.1. The van der Waals surface area contributed by atoms with Crippen LogP contribution in [0.3, 0.4) is 0 Å². The van der Waals surface area contributed by atoms with Gasteiger partial charge in [-0.15, -0.1) is 0 Å². The number of thioether (sulfide) groups is 1. The smallest absolute Gasteiger partial charge is 0.0599 e. The highest BCUT2D eigenvalue weighted by Gasteiger charge is 2.11. The average molecular weight is 177 g/mol. The summed E-state index contributed by atoms with van der Waals surface area (Å²) in [7, 11) is 0. The van der Waals surface area contributed by atoms with E-state index < -0.39 is 5.60 Å². The highest BCUT2D eigenvalue weighted by atomic mass is 32.2. The zero-order valence-electron chi connectivity index (χ0n) is 7.63. The van der Waals surface area contributed by atoms with Gasteiger partial charge >= 0.3 is 0 Å². The maximum absolute atomic E-state index is 9.34. The van der Waals surface area contributed by atoms with E-state index >= 15 is 0 Å². The summed E-state index contributed by atoms with van der Waals surface area (Å²) in [6.45, 7) is 5.66. The van der Waals surface area contributed by atoms with Gasteiger partial charge in [0, 0.05) is 11.8 Å². The first-order chi connectivity index (χ1) is 4.92. The van der Waals surface area contributed by atoms with Crippen LogP contribution in [0.5, 0.6) is 0 Å². The number of hydrogen-bond donors (Lipinski definition) is 2. The first-order valence-electron chi connectivity index (χ1n) is 3.97. The van der Waals surface area contributed by atoms with Crippen molar-refractivity contribution in [1.82, 2.24) is 0 Å². The molecule has 3 heteroatoms. The average Bonchev–Trinajstić information content (AvgIpc) is 1.78. The Morgan fingerprint density at radius 2 is 2.09 bits per heavy atom. The Balaban J connectivity index is 3.15. The van der Waals surface area contributed by atoms with Gasteiger partial charge in [0.1, 0.15) is 0 Å². The van der Waals surface area contributed by atoms with E-state index in [0.717, 1.165) is 17.9 Å². The van der Waals surface area contributed by atoms with Crippen LogP contribution in [0.2, 0.25) is 0 Å². The first-order valence-corrected chi connectivity index (χ1v) is 5.13. The summed E-state index contributed by atoms with van der Waals surface area (Å²) < 4.78 is 0. The summed E-state index contributed by atoms with van der Waals surface area (Å²) >= 11 is 1.80. The van der Waals surface area contributed by atoms with E-state index in [2.05, 4.69) is 0 Å². The number of rotatable bonds is 5. The maximum Gasteiger partial charge on any atom is 0.0599 e. The quantitative estimate of drug-likeness (QED) is 0.621. The van der Waals surface area contributed by atoms with Crippen molar-refractivity contribution in [3.8, 4) is 0 Å². The summed E-state index contributed by atoms with van der Waals surface area (Å²) in [6, 6.07) is 0.266. The predicted molar refractivity (Wildman–Crippen MR) is 51.9 cm³/mol. The summed E-state index contributed by atoms with van der Waals surface area (Å²) in [6.07, 6.45) is 0.838. The molecule has 0 aliphatic carbocycles. The first kappa shape index (κ1) is 11.3. The van der Waals surface area contributed by atoms with Gasteiger partial charge in [-0.05, 0) is 32.9 Å². The van der Waals surface area contributed by atoms with E-state index in [-0.39, 0.29) is 6.04 Å². The van der Waals surface area contributed by atoms with E-state index in [1.54, 1.807) is 11.8 Å². The second-order valence-corrected chi connectivity index (χ2v) is 4.76. The molecule has 3 N–H and O–H groups in total. The van der Waals surface area contributed by atoms with Crippen LogP contribution >= 0.6 is 11.8 Å². The molecule has 1 atom stereocenters. The minimum absolute atomic E-state index is 0.266. The highest BCUT2D eigenvalue weighted by Crippen LogP contribution is 2.12. The molecule has 0 bridgehead atoms. The Labute approximate surface area is 73.6 Å². The Morgan fingerprint density at radius 3 is 2.45 bits per heavy atom. The second-order valence-electron chi connectivity index (χ2n) is 3.61. The third-order valence-electron chi connectivity index (χ3n) is 1.24. The van der Waals surface area contributed by atoms with Gasteiger partial charge in [-0.25, -0.2) is 0 Å². The fourth-order valence-corrected chi connectivity index (χ4v) is 1.77. The molecule has 0 spiro atoms. The van der Waals surface area contributed by atoms with Crippen LogP contribution in [0.15, 0.2) is 0 Å². The predicted octanol–water partition coefficient (Wildman–Crippen LogP) is 1.23. The van der Waals surface area contributed by atoms with Gasteiger partial charge in [-0.3, -0.25) is 0 Å². The van der Waals surface area contributed by atoms with Crippen molar-refractivity contribution in [3.05, 3.63) is 0 Å². The van der Waals surface area contributed by atoms with Crippen molar-refractivity contribution >= 4 is 11.8 Å². The Hall–Kier alpha value is 0.270. The van der Waals surface area contributed by atoms with Crippen LogP contribution in [0.25, 0.3) is 0 Å². The molecule has 2 nitrogen and oxygen atoms in total. The largest absolute Gasteiger partial charge is 0.390 e. The lowest BCUT2D eigenvalue weighted by Crippen LogP contribution is -2.21. The molecule has 0 aliphatic heterocycles. The normalized spacial score (nSPS) is 15.0. The molecule has 0 aromatic carbocycles. The van der Waals surface area contributed by atoms with Crippen LogP contribution < -0.4 is 5.73 Å². The molecule has 0 saturated heterocycles. The van der Waals surface area contributed by atoms with E-state index in [9.17, 15) is 5.11 Å². The maximum atomic E-state index is 9.34. The molecule has 0 heterocycles. The molecule has 0 rings (SSSR count). The number of hydrogen-bond acceptors (Lipinski definition) is 3. The molecule has 0 radical (unpaired) electrons. The molecule has 68 valence electrons. The third-order valence-corrected chi connectivity index (χ3v) is 2.49. The van der Waals surface area contributed by atoms with Crippen LogP contribution in [-0.2, 0) is 0 Å². The van der Waals surface area contributed by atoms with E-state index in [4.69, 9.17) is 5.73 Å². The van der Waals surface area contributed by atoms with Crippen molar-refractivity contribution in [3.63, 3.8) is 0 Å². The van der Waals surface area contributed by atoms with Crippen molar-refractivity contribution in [2.75, 3.05) is 11.5 Å². The topological polar surface area (TPSA) is 46.2 Å². The molecule has 0 aliphatic rings. The van der Waals surface area contributed by atoms with Crippen LogP contribution in [0.4, 0.5) is 0 Å². The lowest BCUT2D eigenvalue weighted by molar-refractivity contribution is 0.0777. The van der Waals surface area contributed by atoms with E-state index in [0.29, 0.717) is 0 Å². The monoisotopic (exact) mass is 177 g/mol. The zero-order chi connectivity index (χ0) is 8.91. The van der Waals surface area contributed by atoms with E-state index in [1.165, 1.54) is 0 Å². The molecule has 11 heavy (non-hydrogen) atoms. The van der Waals surface area contributed by atoms with Crippen molar-refractivity contribution in [2.24, 2.45) is 5.73 Å². The summed E-state index contributed by atoms with van der Waals surface area (Å²) in [5.41, 5.74) is 5.04. The van der Waals surface area contributed by atoms with Gasteiger partial charge in [0.25, 0.3) is 0 Å². The van der Waals surface area contributed by atoms with Crippen LogP contribution in [0.1, 0.15) is 27.2 Å². The van der Waals surface area contributed by atoms with Crippen LogP contribution in [0, 0.1) is 0 Å². The molecular formula is C8H19NOS. The summed E-state index contributed by atoms with van der Waals surface area (Å²) in [5.74, 6) is 1.97. The van der Waals surface area contributed by atoms with Gasteiger partial charge in [-0.1, -0.05) is 0 Å². The van der Waals surface area contributed by atoms with Gasteiger partial charge in [0.15, 0.2) is 0 Å². The summed E-state index contributed by atoms with van der Waals surface area (Å²) in [4.78, 5) is 0. The second kappa shape index (κ2) is 5.01. The SMILES string of the molecule is CC(N)CSCCC(C)(C)O. The fraction of sp³-hybridized carbons (Fsp3) is 1.00. The molecule has 0 aromatic heterocycles. The van der Waals surface area contributed by atoms with Gasteiger partial charge in [0.2, 0.25) is 0 Å². The van der Waals surface area contributed by atoms with Crippen LogP contribution in [-0.4, -0.2) is 28.3 Å². The standard InChI is InChI=1S/C8H19NOS/c1-7(9)6-11-5-4-8(2,3)10/h7,10H,4-6,9H2,1-3H3. The van der Waals surface area contributed by atoms with Crippen molar-refractivity contribution in [2.45, 2.75) is 38.8 Å². The van der Waals surface area contributed by atoms with Crippen molar-refractivity contribution in [1.29, 1.82) is 0 Å². The lowest BCUT2D eigenvalue weighted by Gasteiger charge is -2.16. The number of aliphatic hydroxyl groups is 1. The molecular weight excluding hydrogens is 158 g/mol. The minimum atomic E-state index is -0.523. The molecule has 0 saturated carbocycles. The Bertz CT molecular complexity index is 98.8. The molecule has 0 aromatic rings. The van der Waals surface area contributed by atoms with E-state index in [1.807, 2.05) is 20.8 Å².